The van der Waals surface area contributed by atoms with Crippen molar-refractivity contribution in [3.8, 4) is 5.75 Å². The van der Waals surface area contributed by atoms with E-state index in [9.17, 15) is 13.2 Å². The van der Waals surface area contributed by atoms with E-state index in [0.29, 0.717) is 24.3 Å². The number of Topliss-reactive ketones (excluding diaryl/α,β-unsaturated/α-hetero) is 1. The molecule has 0 spiro atoms. The standard InChI is InChI=1S/C23H29NO2.C10H16O4S/c1-25-19-8-7-17-15-22-20-6-2-3-10-23(20,21(17)16-19)11-13-24(22)12-9-18-5-4-14-26-18;1-9(2)7-3-4-10(9,8(11)5-7)6-15(12,13)14/h4-5,7-8,14,16,20,22H,2-3,6,9-13,15H2,1H3;7H,3-6H2,1-2H3,(H,12,13,14)/t20-,22-,23-;7-,10+/m00/s1. The van der Waals surface area contributed by atoms with Gasteiger partial charge in [0.1, 0.15) is 17.3 Å². The van der Waals surface area contributed by atoms with Gasteiger partial charge in [0.05, 0.1) is 24.5 Å². The smallest absolute Gasteiger partial charge is 0.265 e. The predicted molar refractivity (Wildman–Crippen MR) is 158 cm³/mol. The van der Waals surface area contributed by atoms with E-state index in [0.717, 1.165) is 36.8 Å². The maximum absolute atomic E-state index is 11.9. The monoisotopic (exact) mass is 583 g/mol. The van der Waals surface area contributed by atoms with Crippen LogP contribution in [0.25, 0.3) is 0 Å². The van der Waals surface area contributed by atoms with Gasteiger partial charge in [-0.3, -0.25) is 14.2 Å². The number of ketones is 1. The molecule has 7 rings (SSSR count). The second-order valence-electron chi connectivity index (χ2n) is 13.8. The third-order valence-electron chi connectivity index (χ3n) is 12.0. The van der Waals surface area contributed by atoms with E-state index in [1.165, 1.54) is 45.1 Å². The van der Waals surface area contributed by atoms with Crippen LogP contribution in [0.1, 0.15) is 82.1 Å². The summed E-state index contributed by atoms with van der Waals surface area (Å²) in [6, 6.07) is 11.7. The van der Waals surface area contributed by atoms with Gasteiger partial charge in [-0.15, -0.1) is 0 Å². The highest BCUT2D eigenvalue weighted by Crippen LogP contribution is 2.64. The fraction of sp³-hybridized carbons (Fsp3) is 0.667. The molecule has 4 aliphatic carbocycles. The van der Waals surface area contributed by atoms with Gasteiger partial charge in [-0.05, 0) is 97.7 Å². The molecule has 1 aromatic carbocycles. The molecule has 4 fully saturated rings. The topological polar surface area (TPSA) is 97.0 Å². The molecule has 7 nitrogen and oxygen atoms in total. The van der Waals surface area contributed by atoms with E-state index in [2.05, 4.69) is 29.2 Å². The second kappa shape index (κ2) is 10.5. The summed E-state index contributed by atoms with van der Waals surface area (Å²) < 4.78 is 42.1. The van der Waals surface area contributed by atoms with E-state index < -0.39 is 21.3 Å². The Morgan fingerprint density at radius 2 is 1.93 bits per heavy atom. The third kappa shape index (κ3) is 4.88. The minimum Gasteiger partial charge on any atom is -0.497 e. The summed E-state index contributed by atoms with van der Waals surface area (Å²) >= 11 is 0. The van der Waals surface area contributed by atoms with Crippen LogP contribution in [0.4, 0.5) is 0 Å². The minimum atomic E-state index is -4.08. The van der Waals surface area contributed by atoms with Crippen LogP contribution in [0.2, 0.25) is 0 Å². The number of hydrogen-bond acceptors (Lipinski definition) is 6. The lowest BCUT2D eigenvalue weighted by molar-refractivity contribution is -0.128. The Bertz CT molecular complexity index is 1380. The number of fused-ring (bicyclic) bond motifs is 3. The summed E-state index contributed by atoms with van der Waals surface area (Å²) in [5.41, 5.74) is 2.46. The molecule has 1 aliphatic heterocycles. The fourth-order valence-corrected chi connectivity index (χ4v) is 10.9. The van der Waals surface area contributed by atoms with Gasteiger partial charge in [0.15, 0.2) is 0 Å². The minimum absolute atomic E-state index is 0.0152. The van der Waals surface area contributed by atoms with Gasteiger partial charge in [-0.1, -0.05) is 32.8 Å². The first-order valence-corrected chi connectivity index (χ1v) is 17.0. The molecular formula is C33H45NO6S. The third-order valence-corrected chi connectivity index (χ3v) is 12.8. The van der Waals surface area contributed by atoms with Gasteiger partial charge < -0.3 is 9.15 Å². The quantitative estimate of drug-likeness (QED) is 0.426. The Morgan fingerprint density at radius 1 is 1.10 bits per heavy atom. The zero-order valence-corrected chi connectivity index (χ0v) is 25.5. The molecule has 0 unspecified atom stereocenters. The van der Waals surface area contributed by atoms with Gasteiger partial charge in [0.25, 0.3) is 10.1 Å². The number of carbonyl (C=O) groups excluding carboxylic acids is 1. The van der Waals surface area contributed by atoms with Crippen LogP contribution in [-0.4, -0.2) is 55.6 Å². The summed E-state index contributed by atoms with van der Waals surface area (Å²) in [5, 5.41) is 0. The molecular weight excluding hydrogens is 538 g/mol. The number of carbonyl (C=O) groups is 1. The van der Waals surface area contributed by atoms with Crippen molar-refractivity contribution in [2.24, 2.45) is 22.7 Å². The summed E-state index contributed by atoms with van der Waals surface area (Å²) in [6.45, 7) is 6.23. The Hall–Kier alpha value is -2.16. The highest BCUT2D eigenvalue weighted by atomic mass is 32.2. The highest BCUT2D eigenvalue weighted by Gasteiger charge is 2.65. The summed E-state index contributed by atoms with van der Waals surface area (Å²) in [5.74, 6) is 2.85. The number of likely N-dealkylation sites (tertiary alicyclic amines) is 1. The van der Waals surface area contributed by atoms with Crippen LogP contribution in [0.3, 0.4) is 0 Å². The average Bonchev–Trinajstić information content (AvgIpc) is 3.59. The number of ether oxygens (including phenoxy) is 1. The predicted octanol–water partition coefficient (Wildman–Crippen LogP) is 5.86. The molecule has 2 heterocycles. The fourth-order valence-electron chi connectivity index (χ4n) is 9.60. The van der Waals surface area contributed by atoms with Crippen molar-refractivity contribution in [1.82, 2.24) is 4.90 Å². The molecule has 1 saturated heterocycles. The van der Waals surface area contributed by atoms with E-state index in [-0.39, 0.29) is 17.1 Å². The normalized spacial score (nSPS) is 33.5. The molecule has 4 bridgehead atoms. The zero-order chi connectivity index (χ0) is 29.0. The van der Waals surface area contributed by atoms with Crippen molar-refractivity contribution in [3.05, 3.63) is 53.5 Å². The van der Waals surface area contributed by atoms with Crippen molar-refractivity contribution >= 4 is 15.9 Å². The molecule has 1 N–H and O–H groups in total. The van der Waals surface area contributed by atoms with Crippen LogP contribution in [0.15, 0.2) is 41.0 Å². The molecule has 0 amide bonds. The molecule has 224 valence electrons. The van der Waals surface area contributed by atoms with E-state index in [1.54, 1.807) is 24.5 Å². The molecule has 5 atom stereocenters. The van der Waals surface area contributed by atoms with E-state index >= 15 is 0 Å². The molecule has 0 radical (unpaired) electrons. The van der Waals surface area contributed by atoms with Crippen LogP contribution < -0.4 is 4.74 Å². The first-order chi connectivity index (χ1) is 19.5. The van der Waals surface area contributed by atoms with Crippen molar-refractivity contribution < 1.29 is 26.9 Å². The number of hydrogen-bond donors (Lipinski definition) is 1. The van der Waals surface area contributed by atoms with Gasteiger partial charge in [-0.2, -0.15) is 8.42 Å². The van der Waals surface area contributed by atoms with Gasteiger partial charge >= 0.3 is 0 Å². The van der Waals surface area contributed by atoms with Crippen molar-refractivity contribution in [3.63, 3.8) is 0 Å². The number of piperidine rings is 1. The molecule has 5 aliphatic rings. The lowest BCUT2D eigenvalue weighted by Crippen LogP contribution is -2.61. The van der Waals surface area contributed by atoms with E-state index in [1.807, 2.05) is 19.9 Å². The average molecular weight is 584 g/mol. The molecule has 8 heteroatoms. The largest absolute Gasteiger partial charge is 0.497 e. The van der Waals surface area contributed by atoms with Crippen LogP contribution in [0, 0.1) is 22.7 Å². The lowest BCUT2D eigenvalue weighted by Gasteiger charge is -2.59. The van der Waals surface area contributed by atoms with Gasteiger partial charge in [0, 0.05) is 30.8 Å². The Morgan fingerprint density at radius 3 is 2.59 bits per heavy atom. The molecule has 1 aromatic heterocycles. The highest BCUT2D eigenvalue weighted by molar-refractivity contribution is 7.85. The Balaban J connectivity index is 0.000000172. The van der Waals surface area contributed by atoms with Crippen LogP contribution >= 0.6 is 0 Å². The van der Waals surface area contributed by atoms with Crippen molar-refractivity contribution in [2.75, 3.05) is 26.0 Å². The number of furan rings is 1. The molecule has 3 saturated carbocycles. The second-order valence-corrected chi connectivity index (χ2v) is 15.3. The van der Waals surface area contributed by atoms with E-state index in [4.69, 9.17) is 13.7 Å². The number of rotatable bonds is 6. The van der Waals surface area contributed by atoms with Crippen LogP contribution in [0.5, 0.6) is 5.75 Å². The number of methoxy groups -OCH3 is 1. The number of benzene rings is 1. The van der Waals surface area contributed by atoms with Gasteiger partial charge in [-0.25, -0.2) is 0 Å². The van der Waals surface area contributed by atoms with Crippen molar-refractivity contribution in [2.45, 2.75) is 89.5 Å². The summed E-state index contributed by atoms with van der Waals surface area (Å²) in [4.78, 5) is 14.6. The lowest BCUT2D eigenvalue weighted by atomic mass is 9.52. The molecule has 2 aromatic rings. The first kappa shape index (κ1) is 28.9. The van der Waals surface area contributed by atoms with Crippen LogP contribution in [-0.2, 0) is 33.2 Å². The maximum Gasteiger partial charge on any atom is 0.265 e. The maximum atomic E-state index is 11.9. The Kier molecular flexibility index (Phi) is 7.43. The summed E-state index contributed by atoms with van der Waals surface area (Å²) in [7, 11) is -2.28. The van der Waals surface area contributed by atoms with Gasteiger partial charge in [0.2, 0.25) is 0 Å². The number of nitrogens with zero attached hydrogens (tertiary/aromatic N) is 1. The zero-order valence-electron chi connectivity index (χ0n) is 24.7. The summed E-state index contributed by atoms with van der Waals surface area (Å²) in [6.07, 6.45) is 12.8. The Labute approximate surface area is 244 Å². The molecule has 41 heavy (non-hydrogen) atoms. The van der Waals surface area contributed by atoms with Crippen molar-refractivity contribution in [1.29, 1.82) is 0 Å². The first-order valence-electron chi connectivity index (χ1n) is 15.4. The SMILES string of the molecule is CC1(C)[C@H]2CC[C@@]1(CS(=O)(=O)O)C(=O)C2.COc1ccc2c(c1)[C@]13CCCC[C@H]1[C@H](C2)N(CCc1ccco1)CC3.